The minimum Gasteiger partial charge on any atom is -0.261 e. The molecule has 5 heteroatoms. The first-order valence-electron chi connectivity index (χ1n) is 4.23. The Balaban J connectivity index is 2.04. The monoisotopic (exact) mass is 198 g/mol. The topological polar surface area (TPSA) is 49.8 Å². The number of aromatic nitrogens is 2. The van der Waals surface area contributed by atoms with Crippen LogP contribution in [-0.2, 0) is 0 Å². The molecule has 1 fully saturated rings. The molecule has 2 N–H and O–H groups in total. The van der Waals surface area contributed by atoms with Gasteiger partial charge in [-0.25, -0.2) is 5.43 Å². The van der Waals surface area contributed by atoms with Gasteiger partial charge in [-0.1, -0.05) is 0 Å². The van der Waals surface area contributed by atoms with Gasteiger partial charge in [0.1, 0.15) is 0 Å². The maximum atomic E-state index is 5.72. The third kappa shape index (κ3) is 1.96. The van der Waals surface area contributed by atoms with Crippen LogP contribution < -0.4 is 10.9 Å². The molecular weight excluding hydrogens is 188 g/mol. The van der Waals surface area contributed by atoms with E-state index in [0.29, 0.717) is 11.9 Å². The van der Waals surface area contributed by atoms with Crippen LogP contribution in [0, 0.1) is 0 Å². The molecule has 2 unspecified atom stereocenters. The first-order valence-corrected chi connectivity index (χ1v) is 4.76. The SMILES string of the molecule is ClCC1CC(c2cnccn2)NN1. The second kappa shape index (κ2) is 4.00. The Kier molecular flexibility index (Phi) is 2.73. The summed E-state index contributed by atoms with van der Waals surface area (Å²) in [7, 11) is 0. The van der Waals surface area contributed by atoms with Crippen molar-refractivity contribution in [1.29, 1.82) is 0 Å². The second-order valence-corrected chi connectivity index (χ2v) is 3.37. The van der Waals surface area contributed by atoms with Crippen molar-refractivity contribution in [2.75, 3.05) is 5.88 Å². The van der Waals surface area contributed by atoms with E-state index in [1.54, 1.807) is 18.6 Å². The number of hydrogen-bond acceptors (Lipinski definition) is 4. The van der Waals surface area contributed by atoms with Crippen molar-refractivity contribution in [3.05, 3.63) is 24.3 Å². The van der Waals surface area contributed by atoms with Gasteiger partial charge in [0.05, 0.1) is 17.9 Å². The van der Waals surface area contributed by atoms with E-state index in [1.807, 2.05) is 0 Å². The average Bonchev–Trinajstić information content (AvgIpc) is 2.67. The lowest BCUT2D eigenvalue weighted by Crippen LogP contribution is -2.31. The zero-order valence-corrected chi connectivity index (χ0v) is 7.83. The number of hydrazine groups is 1. The number of hydrogen-bond donors (Lipinski definition) is 2. The van der Waals surface area contributed by atoms with E-state index in [9.17, 15) is 0 Å². The number of alkyl halides is 1. The molecule has 2 heterocycles. The van der Waals surface area contributed by atoms with E-state index in [2.05, 4.69) is 20.8 Å². The van der Waals surface area contributed by atoms with Crippen molar-refractivity contribution < 1.29 is 0 Å². The van der Waals surface area contributed by atoms with Crippen LogP contribution in [0.15, 0.2) is 18.6 Å². The molecule has 1 aromatic heterocycles. The Labute approximate surface area is 81.7 Å². The normalized spacial score (nSPS) is 27.8. The summed E-state index contributed by atoms with van der Waals surface area (Å²) < 4.78 is 0. The van der Waals surface area contributed by atoms with Gasteiger partial charge in [0, 0.05) is 24.3 Å². The molecule has 1 aliphatic heterocycles. The second-order valence-electron chi connectivity index (χ2n) is 3.06. The summed E-state index contributed by atoms with van der Waals surface area (Å²) >= 11 is 5.72. The van der Waals surface area contributed by atoms with Gasteiger partial charge in [-0.2, -0.15) is 0 Å². The molecular formula is C8H11ClN4. The fraction of sp³-hybridized carbons (Fsp3) is 0.500. The van der Waals surface area contributed by atoms with Crippen LogP contribution in [0.1, 0.15) is 18.2 Å². The maximum Gasteiger partial charge on any atom is 0.0770 e. The highest BCUT2D eigenvalue weighted by atomic mass is 35.5. The Morgan fingerprint density at radius 1 is 1.46 bits per heavy atom. The van der Waals surface area contributed by atoms with E-state index in [4.69, 9.17) is 11.6 Å². The van der Waals surface area contributed by atoms with Crippen LogP contribution in [0.3, 0.4) is 0 Å². The van der Waals surface area contributed by atoms with Crippen LogP contribution in [0.2, 0.25) is 0 Å². The third-order valence-corrected chi connectivity index (χ3v) is 2.48. The maximum absolute atomic E-state index is 5.72. The molecule has 70 valence electrons. The summed E-state index contributed by atoms with van der Waals surface area (Å²) in [6, 6.07) is 0.561. The van der Waals surface area contributed by atoms with Gasteiger partial charge < -0.3 is 0 Å². The molecule has 2 atom stereocenters. The minimum atomic E-state index is 0.234. The third-order valence-electron chi connectivity index (χ3n) is 2.11. The fourth-order valence-corrected chi connectivity index (χ4v) is 1.61. The van der Waals surface area contributed by atoms with Gasteiger partial charge >= 0.3 is 0 Å². The van der Waals surface area contributed by atoms with E-state index < -0.39 is 0 Å². The van der Waals surface area contributed by atoms with Crippen LogP contribution in [-0.4, -0.2) is 21.9 Å². The molecule has 0 bridgehead atoms. The first kappa shape index (κ1) is 8.87. The average molecular weight is 199 g/mol. The molecule has 0 aromatic carbocycles. The highest BCUT2D eigenvalue weighted by molar-refractivity contribution is 6.18. The predicted octanol–water partition coefficient (Wildman–Crippen LogP) is 0.623. The fourth-order valence-electron chi connectivity index (χ4n) is 1.41. The number of halogens is 1. The van der Waals surface area contributed by atoms with E-state index in [0.717, 1.165) is 12.1 Å². The summed E-state index contributed by atoms with van der Waals surface area (Å²) in [4.78, 5) is 8.24. The van der Waals surface area contributed by atoms with Crippen LogP contribution in [0.4, 0.5) is 0 Å². The quantitative estimate of drug-likeness (QED) is 0.685. The van der Waals surface area contributed by atoms with Crippen LogP contribution >= 0.6 is 11.6 Å². The van der Waals surface area contributed by atoms with E-state index in [1.165, 1.54) is 0 Å². The summed E-state index contributed by atoms with van der Waals surface area (Å²) in [5.41, 5.74) is 7.20. The van der Waals surface area contributed by atoms with Crippen molar-refractivity contribution >= 4 is 11.6 Å². The summed E-state index contributed by atoms with van der Waals surface area (Å²) in [5, 5.41) is 0. The highest BCUT2D eigenvalue weighted by Crippen LogP contribution is 2.19. The lowest BCUT2D eigenvalue weighted by Gasteiger charge is -2.06. The smallest absolute Gasteiger partial charge is 0.0770 e. The van der Waals surface area contributed by atoms with Crippen molar-refractivity contribution in [2.45, 2.75) is 18.5 Å². The lowest BCUT2D eigenvalue weighted by atomic mass is 10.1. The van der Waals surface area contributed by atoms with E-state index >= 15 is 0 Å². The highest BCUT2D eigenvalue weighted by Gasteiger charge is 2.24. The van der Waals surface area contributed by atoms with Gasteiger partial charge in [-0.05, 0) is 6.42 Å². The largest absolute Gasteiger partial charge is 0.261 e. The molecule has 1 saturated heterocycles. The standard InChI is InChI=1S/C8H11ClN4/c9-4-6-3-7(13-12-6)8-5-10-1-2-11-8/h1-2,5-7,12-13H,3-4H2. The summed E-state index contributed by atoms with van der Waals surface area (Å²) in [6.45, 7) is 0. The Bertz CT molecular complexity index is 266. The molecule has 2 rings (SSSR count). The van der Waals surface area contributed by atoms with Gasteiger partial charge in [0.2, 0.25) is 0 Å². The zero-order chi connectivity index (χ0) is 9.10. The molecule has 0 spiro atoms. The Morgan fingerprint density at radius 2 is 2.38 bits per heavy atom. The number of rotatable bonds is 2. The van der Waals surface area contributed by atoms with Gasteiger partial charge in [0.25, 0.3) is 0 Å². The van der Waals surface area contributed by atoms with Crippen molar-refractivity contribution in [2.24, 2.45) is 0 Å². The Hall–Kier alpha value is -0.710. The zero-order valence-electron chi connectivity index (χ0n) is 7.07. The summed E-state index contributed by atoms with van der Waals surface area (Å²) in [6.07, 6.45) is 6.11. The molecule has 4 nitrogen and oxygen atoms in total. The van der Waals surface area contributed by atoms with Gasteiger partial charge in [-0.15, -0.1) is 11.6 Å². The minimum absolute atomic E-state index is 0.234. The number of nitrogens with zero attached hydrogens (tertiary/aromatic N) is 2. The van der Waals surface area contributed by atoms with Crippen molar-refractivity contribution in [1.82, 2.24) is 20.8 Å². The lowest BCUT2D eigenvalue weighted by molar-refractivity contribution is 0.553. The molecule has 0 saturated carbocycles. The van der Waals surface area contributed by atoms with Crippen molar-refractivity contribution in [3.8, 4) is 0 Å². The van der Waals surface area contributed by atoms with Gasteiger partial charge in [-0.3, -0.25) is 15.4 Å². The Morgan fingerprint density at radius 3 is 3.00 bits per heavy atom. The molecule has 0 amide bonds. The molecule has 1 aromatic rings. The summed E-state index contributed by atoms with van der Waals surface area (Å²) in [5.74, 6) is 0.615. The first-order chi connectivity index (χ1) is 6.40. The van der Waals surface area contributed by atoms with Gasteiger partial charge in [0.15, 0.2) is 0 Å². The molecule has 0 radical (unpaired) electrons. The van der Waals surface area contributed by atoms with Crippen molar-refractivity contribution in [3.63, 3.8) is 0 Å². The van der Waals surface area contributed by atoms with Crippen LogP contribution in [0.25, 0.3) is 0 Å². The molecule has 1 aliphatic rings. The molecule has 13 heavy (non-hydrogen) atoms. The van der Waals surface area contributed by atoms with E-state index in [-0.39, 0.29) is 6.04 Å². The predicted molar refractivity (Wildman–Crippen MR) is 50.2 cm³/mol. The number of nitrogens with one attached hydrogen (secondary N) is 2. The molecule has 0 aliphatic carbocycles. The van der Waals surface area contributed by atoms with Crippen LogP contribution in [0.5, 0.6) is 0 Å².